The highest BCUT2D eigenvalue weighted by atomic mass is 16.5. The van der Waals surface area contributed by atoms with E-state index in [4.69, 9.17) is 4.74 Å². The van der Waals surface area contributed by atoms with E-state index in [9.17, 15) is 9.90 Å². The Bertz CT molecular complexity index is 476. The lowest BCUT2D eigenvalue weighted by atomic mass is 9.85. The van der Waals surface area contributed by atoms with Gasteiger partial charge in [0.1, 0.15) is 5.75 Å². The Hall–Kier alpha value is -1.51. The summed E-state index contributed by atoms with van der Waals surface area (Å²) >= 11 is 0. The van der Waals surface area contributed by atoms with Gasteiger partial charge in [-0.2, -0.15) is 0 Å². The first-order chi connectivity index (χ1) is 7.85. The van der Waals surface area contributed by atoms with E-state index in [1.807, 2.05) is 39.0 Å². The van der Waals surface area contributed by atoms with Crippen LogP contribution in [-0.4, -0.2) is 18.2 Å². The van der Waals surface area contributed by atoms with Gasteiger partial charge >= 0.3 is 5.97 Å². The Labute approximate surface area is 101 Å². The number of carboxylic acids is 1. The van der Waals surface area contributed by atoms with Crippen molar-refractivity contribution in [3.63, 3.8) is 0 Å². The van der Waals surface area contributed by atoms with Crippen LogP contribution in [0.15, 0.2) is 18.2 Å². The summed E-state index contributed by atoms with van der Waals surface area (Å²) in [7, 11) is 1.61. The molecule has 0 heterocycles. The molecule has 1 saturated carbocycles. The van der Waals surface area contributed by atoms with Gasteiger partial charge in [-0.15, -0.1) is 0 Å². The van der Waals surface area contributed by atoms with Crippen LogP contribution in [0.1, 0.15) is 31.4 Å². The third-order valence-corrected chi connectivity index (χ3v) is 4.00. The maximum absolute atomic E-state index is 11.6. The molecule has 1 unspecified atom stereocenters. The van der Waals surface area contributed by atoms with Crippen LogP contribution in [0.25, 0.3) is 0 Å². The molecule has 1 aliphatic carbocycles. The van der Waals surface area contributed by atoms with Gasteiger partial charge in [-0.3, -0.25) is 4.79 Å². The van der Waals surface area contributed by atoms with E-state index in [1.54, 1.807) is 7.11 Å². The molecule has 0 aromatic heterocycles. The molecule has 92 valence electrons. The minimum atomic E-state index is -0.726. The van der Waals surface area contributed by atoms with Crippen LogP contribution in [-0.2, 0) is 10.2 Å². The van der Waals surface area contributed by atoms with Gasteiger partial charge in [0, 0.05) is 0 Å². The van der Waals surface area contributed by atoms with Crippen LogP contribution in [0.2, 0.25) is 0 Å². The van der Waals surface area contributed by atoms with Gasteiger partial charge in [0.15, 0.2) is 0 Å². The van der Waals surface area contributed by atoms with Gasteiger partial charge in [0.25, 0.3) is 0 Å². The Morgan fingerprint density at radius 1 is 1.41 bits per heavy atom. The molecule has 0 aliphatic heterocycles. The molecule has 0 saturated heterocycles. The summed E-state index contributed by atoms with van der Waals surface area (Å²) in [6.45, 7) is 5.95. The zero-order chi connectivity index (χ0) is 12.8. The van der Waals surface area contributed by atoms with E-state index in [2.05, 4.69) is 0 Å². The molecular weight excluding hydrogens is 216 g/mol. The number of carboxylic acid groups (broad SMARTS) is 1. The second-order valence-electron chi connectivity index (χ2n) is 5.45. The minimum Gasteiger partial charge on any atom is -0.497 e. The number of aryl methyl sites for hydroxylation is 1. The maximum Gasteiger partial charge on any atom is 0.314 e. The van der Waals surface area contributed by atoms with Crippen molar-refractivity contribution < 1.29 is 14.6 Å². The second kappa shape index (κ2) is 3.49. The molecule has 1 aromatic carbocycles. The van der Waals surface area contributed by atoms with Gasteiger partial charge in [-0.25, -0.2) is 0 Å². The lowest BCUT2D eigenvalue weighted by Crippen LogP contribution is -2.26. The Balaban J connectivity index is 2.51. The van der Waals surface area contributed by atoms with Gasteiger partial charge < -0.3 is 9.84 Å². The van der Waals surface area contributed by atoms with E-state index in [1.165, 1.54) is 0 Å². The first-order valence-electron chi connectivity index (χ1n) is 5.74. The Kier molecular flexibility index (Phi) is 2.45. The third-order valence-electron chi connectivity index (χ3n) is 4.00. The number of hydrogen-bond donors (Lipinski definition) is 1. The average molecular weight is 234 g/mol. The molecule has 0 spiro atoms. The van der Waals surface area contributed by atoms with E-state index in [0.717, 1.165) is 16.9 Å². The van der Waals surface area contributed by atoms with Crippen molar-refractivity contribution in [3.8, 4) is 5.75 Å². The number of ether oxygens (including phenoxy) is 1. The van der Waals surface area contributed by atoms with E-state index in [0.29, 0.717) is 6.42 Å². The Morgan fingerprint density at radius 2 is 2.00 bits per heavy atom. The monoisotopic (exact) mass is 234 g/mol. The Morgan fingerprint density at radius 3 is 2.35 bits per heavy atom. The SMILES string of the molecule is COc1ccc(C2(C(=O)O)CC2(C)C)c(C)c1. The van der Waals surface area contributed by atoms with Gasteiger partial charge in [-0.05, 0) is 42.0 Å². The van der Waals surface area contributed by atoms with Crippen molar-refractivity contribution in [3.05, 3.63) is 29.3 Å². The lowest BCUT2D eigenvalue weighted by molar-refractivity contribution is -0.141. The molecular formula is C14H18O3. The van der Waals surface area contributed by atoms with Crippen LogP contribution in [0, 0.1) is 12.3 Å². The van der Waals surface area contributed by atoms with Crippen molar-refractivity contribution >= 4 is 5.97 Å². The van der Waals surface area contributed by atoms with Gasteiger partial charge in [-0.1, -0.05) is 19.9 Å². The van der Waals surface area contributed by atoms with Crippen molar-refractivity contribution in [1.82, 2.24) is 0 Å². The lowest BCUT2D eigenvalue weighted by Gasteiger charge is -2.19. The highest BCUT2D eigenvalue weighted by molar-refractivity contribution is 5.87. The predicted molar refractivity (Wildman–Crippen MR) is 65.4 cm³/mol. The highest BCUT2D eigenvalue weighted by Crippen LogP contribution is 2.65. The number of benzene rings is 1. The summed E-state index contributed by atoms with van der Waals surface area (Å²) < 4.78 is 5.15. The zero-order valence-electron chi connectivity index (χ0n) is 10.7. The number of hydrogen-bond acceptors (Lipinski definition) is 2. The minimum absolute atomic E-state index is 0.168. The molecule has 1 atom stereocenters. The number of carbonyl (C=O) groups is 1. The summed E-state index contributed by atoms with van der Waals surface area (Å²) in [5.74, 6) is 0.0426. The molecule has 0 bridgehead atoms. The van der Waals surface area contributed by atoms with Crippen molar-refractivity contribution in [2.75, 3.05) is 7.11 Å². The second-order valence-corrected chi connectivity index (χ2v) is 5.45. The van der Waals surface area contributed by atoms with Crippen LogP contribution < -0.4 is 4.74 Å². The van der Waals surface area contributed by atoms with E-state index >= 15 is 0 Å². The van der Waals surface area contributed by atoms with E-state index < -0.39 is 11.4 Å². The van der Waals surface area contributed by atoms with E-state index in [-0.39, 0.29) is 5.41 Å². The predicted octanol–water partition coefficient (Wildman–Crippen LogP) is 2.76. The fraction of sp³-hybridized carbons (Fsp3) is 0.500. The highest BCUT2D eigenvalue weighted by Gasteiger charge is 2.68. The molecule has 0 amide bonds. The number of methoxy groups -OCH3 is 1. The molecule has 1 aliphatic rings. The molecule has 0 radical (unpaired) electrons. The van der Waals surface area contributed by atoms with Crippen LogP contribution in [0.5, 0.6) is 5.75 Å². The largest absolute Gasteiger partial charge is 0.497 e. The van der Waals surface area contributed by atoms with Crippen molar-refractivity contribution in [2.24, 2.45) is 5.41 Å². The molecule has 3 heteroatoms. The molecule has 1 N–H and O–H groups in total. The standard InChI is InChI=1S/C14H18O3/c1-9-7-10(17-4)5-6-11(9)14(12(15)16)8-13(14,2)3/h5-7H,8H2,1-4H3,(H,15,16). The summed E-state index contributed by atoms with van der Waals surface area (Å²) in [4.78, 5) is 11.6. The molecule has 1 aromatic rings. The topological polar surface area (TPSA) is 46.5 Å². The fourth-order valence-corrected chi connectivity index (χ4v) is 2.80. The number of aliphatic carboxylic acids is 1. The molecule has 2 rings (SSSR count). The maximum atomic E-state index is 11.6. The van der Waals surface area contributed by atoms with Gasteiger partial charge in [0.2, 0.25) is 0 Å². The fourth-order valence-electron chi connectivity index (χ4n) is 2.80. The number of rotatable bonds is 3. The summed E-state index contributed by atoms with van der Waals surface area (Å²) in [5, 5.41) is 9.51. The normalized spacial score (nSPS) is 25.4. The van der Waals surface area contributed by atoms with Gasteiger partial charge in [0.05, 0.1) is 12.5 Å². The summed E-state index contributed by atoms with van der Waals surface area (Å²) in [5.41, 5.74) is 1.01. The van der Waals surface area contributed by atoms with Crippen molar-refractivity contribution in [2.45, 2.75) is 32.6 Å². The summed E-state index contributed by atoms with van der Waals surface area (Å²) in [6.07, 6.45) is 0.697. The first kappa shape index (κ1) is 12.0. The molecule has 3 nitrogen and oxygen atoms in total. The quantitative estimate of drug-likeness (QED) is 0.874. The van der Waals surface area contributed by atoms with Crippen LogP contribution >= 0.6 is 0 Å². The third kappa shape index (κ3) is 1.53. The average Bonchev–Trinajstić information content (AvgIpc) is 2.82. The van der Waals surface area contributed by atoms with Crippen LogP contribution in [0.4, 0.5) is 0 Å². The molecule has 17 heavy (non-hydrogen) atoms. The zero-order valence-corrected chi connectivity index (χ0v) is 10.7. The summed E-state index contributed by atoms with van der Waals surface area (Å²) in [6, 6.07) is 5.62. The van der Waals surface area contributed by atoms with Crippen LogP contribution in [0.3, 0.4) is 0 Å². The van der Waals surface area contributed by atoms with Crippen molar-refractivity contribution in [1.29, 1.82) is 0 Å². The smallest absolute Gasteiger partial charge is 0.314 e. The first-order valence-corrected chi connectivity index (χ1v) is 5.74. The molecule has 1 fully saturated rings.